The van der Waals surface area contributed by atoms with Crippen molar-refractivity contribution in [3.8, 4) is 0 Å². The molecule has 1 aliphatic heterocycles. The fraction of sp³-hybridized carbons (Fsp3) is 0.471. The number of H-pyrrole nitrogens is 1. The summed E-state index contributed by atoms with van der Waals surface area (Å²) in [6, 6.07) is 8.37. The van der Waals surface area contributed by atoms with Crippen LogP contribution >= 0.6 is 0 Å². The number of para-hydroxylation sites is 1. The highest BCUT2D eigenvalue weighted by Crippen LogP contribution is 2.27. The number of aromatic amines is 1. The Morgan fingerprint density at radius 2 is 2.15 bits per heavy atom. The molecule has 0 aliphatic carbocycles. The first kappa shape index (κ1) is 13.2. The highest BCUT2D eigenvalue weighted by atomic mass is 16.2. The number of nitrogens with zero attached hydrogens (tertiary/aromatic N) is 1. The molecule has 1 aromatic carbocycles. The lowest BCUT2D eigenvalue weighted by Gasteiger charge is -2.27. The molecule has 2 aromatic rings. The van der Waals surface area contributed by atoms with Gasteiger partial charge in [0, 0.05) is 48.1 Å². The molecular weight excluding hydrogens is 248 g/mol. The van der Waals surface area contributed by atoms with Gasteiger partial charge in [-0.15, -0.1) is 0 Å². The maximum Gasteiger partial charge on any atom is 0.222 e. The van der Waals surface area contributed by atoms with Crippen LogP contribution in [-0.2, 0) is 17.8 Å². The Labute approximate surface area is 120 Å². The number of fused-ring (bicyclic) bond motifs is 3. The lowest BCUT2D eigenvalue weighted by atomic mass is 10.0. The molecule has 106 valence electrons. The molecule has 1 N–H and O–H groups in total. The van der Waals surface area contributed by atoms with Gasteiger partial charge in [-0.1, -0.05) is 32.0 Å². The quantitative estimate of drug-likeness (QED) is 0.910. The first-order valence-electron chi connectivity index (χ1n) is 7.51. The van der Waals surface area contributed by atoms with Crippen molar-refractivity contribution in [1.82, 2.24) is 9.88 Å². The van der Waals surface area contributed by atoms with E-state index in [9.17, 15) is 4.79 Å². The smallest absolute Gasteiger partial charge is 0.222 e. The maximum absolute atomic E-state index is 12.3. The second kappa shape index (κ2) is 5.31. The lowest BCUT2D eigenvalue weighted by Crippen LogP contribution is -2.35. The van der Waals surface area contributed by atoms with Crippen LogP contribution in [0.15, 0.2) is 24.3 Å². The molecule has 2 heterocycles. The second-order valence-electron chi connectivity index (χ2n) is 6.13. The van der Waals surface area contributed by atoms with Crippen LogP contribution in [0.25, 0.3) is 10.9 Å². The Morgan fingerprint density at radius 1 is 1.35 bits per heavy atom. The van der Waals surface area contributed by atoms with Crippen molar-refractivity contribution >= 4 is 16.8 Å². The summed E-state index contributed by atoms with van der Waals surface area (Å²) in [5.41, 5.74) is 3.80. The Balaban J connectivity index is 1.79. The summed E-state index contributed by atoms with van der Waals surface area (Å²) in [7, 11) is 0. The first-order chi connectivity index (χ1) is 9.65. The van der Waals surface area contributed by atoms with Gasteiger partial charge in [0.2, 0.25) is 5.91 Å². The van der Waals surface area contributed by atoms with Crippen LogP contribution in [0, 0.1) is 5.92 Å². The topological polar surface area (TPSA) is 36.1 Å². The second-order valence-corrected chi connectivity index (χ2v) is 6.13. The Hall–Kier alpha value is -1.77. The van der Waals surface area contributed by atoms with Gasteiger partial charge in [-0.3, -0.25) is 4.79 Å². The summed E-state index contributed by atoms with van der Waals surface area (Å²) in [6.45, 7) is 5.94. The van der Waals surface area contributed by atoms with E-state index in [0.29, 0.717) is 18.2 Å². The third-order valence-electron chi connectivity index (χ3n) is 4.17. The number of carbonyl (C=O) groups is 1. The number of aromatic nitrogens is 1. The fourth-order valence-electron chi connectivity index (χ4n) is 2.95. The van der Waals surface area contributed by atoms with E-state index < -0.39 is 0 Å². The monoisotopic (exact) mass is 270 g/mol. The lowest BCUT2D eigenvalue weighted by molar-refractivity contribution is -0.132. The Bertz CT molecular complexity index is 627. The van der Waals surface area contributed by atoms with E-state index >= 15 is 0 Å². The Kier molecular flexibility index (Phi) is 3.51. The number of amides is 1. The molecule has 1 amide bonds. The normalized spacial score (nSPS) is 14.8. The highest BCUT2D eigenvalue weighted by molar-refractivity contribution is 5.86. The van der Waals surface area contributed by atoms with E-state index in [1.54, 1.807) is 0 Å². The molecule has 0 spiro atoms. The molecule has 3 nitrogen and oxygen atoms in total. The van der Waals surface area contributed by atoms with Crippen LogP contribution < -0.4 is 0 Å². The number of nitrogens with one attached hydrogen (secondary N) is 1. The van der Waals surface area contributed by atoms with Crippen LogP contribution in [0.4, 0.5) is 0 Å². The van der Waals surface area contributed by atoms with Gasteiger partial charge >= 0.3 is 0 Å². The van der Waals surface area contributed by atoms with Crippen molar-refractivity contribution < 1.29 is 4.79 Å². The van der Waals surface area contributed by atoms with E-state index in [-0.39, 0.29) is 0 Å². The third kappa shape index (κ3) is 2.45. The van der Waals surface area contributed by atoms with E-state index in [0.717, 1.165) is 25.9 Å². The summed E-state index contributed by atoms with van der Waals surface area (Å²) >= 11 is 0. The van der Waals surface area contributed by atoms with Crippen LogP contribution in [-0.4, -0.2) is 22.3 Å². The van der Waals surface area contributed by atoms with Gasteiger partial charge in [0.1, 0.15) is 0 Å². The van der Waals surface area contributed by atoms with Gasteiger partial charge in [-0.05, 0) is 18.4 Å². The van der Waals surface area contributed by atoms with Crippen molar-refractivity contribution in [3.63, 3.8) is 0 Å². The third-order valence-corrected chi connectivity index (χ3v) is 4.17. The van der Waals surface area contributed by atoms with Gasteiger partial charge in [0.25, 0.3) is 0 Å². The fourth-order valence-corrected chi connectivity index (χ4v) is 2.95. The van der Waals surface area contributed by atoms with E-state index in [4.69, 9.17) is 0 Å². The molecule has 0 fully saturated rings. The first-order valence-corrected chi connectivity index (χ1v) is 7.51. The summed E-state index contributed by atoms with van der Waals surface area (Å²) < 4.78 is 0. The van der Waals surface area contributed by atoms with Crippen molar-refractivity contribution in [2.75, 3.05) is 6.54 Å². The van der Waals surface area contributed by atoms with Crippen LogP contribution in [0.1, 0.15) is 37.9 Å². The predicted octanol–water partition coefficient (Wildman–Crippen LogP) is 3.49. The van der Waals surface area contributed by atoms with Gasteiger partial charge in [0.05, 0.1) is 0 Å². The van der Waals surface area contributed by atoms with Gasteiger partial charge in [0.15, 0.2) is 0 Å². The molecule has 1 aliphatic rings. The molecular formula is C17H22N2O. The number of carbonyl (C=O) groups excluding carboxylic acids is 1. The zero-order chi connectivity index (χ0) is 14.1. The standard InChI is InChI=1S/C17H22N2O/c1-12(2)7-8-17(20)19-10-9-16-14(11-19)13-5-3-4-6-15(13)18-16/h3-6,12,18H,7-11H2,1-2H3. The van der Waals surface area contributed by atoms with E-state index in [2.05, 4.69) is 43.1 Å². The molecule has 1 aromatic heterocycles. The summed E-state index contributed by atoms with van der Waals surface area (Å²) in [4.78, 5) is 17.8. The molecule has 3 rings (SSSR count). The van der Waals surface area contributed by atoms with Crippen LogP contribution in [0.5, 0.6) is 0 Å². The molecule has 0 bridgehead atoms. The SMILES string of the molecule is CC(C)CCC(=O)N1CCc2[nH]c3ccccc3c2C1. The van der Waals surface area contributed by atoms with Gasteiger partial charge < -0.3 is 9.88 Å². The molecule has 0 atom stereocenters. The van der Waals surface area contributed by atoms with Crippen LogP contribution in [0.3, 0.4) is 0 Å². The molecule has 3 heteroatoms. The van der Waals surface area contributed by atoms with Crippen molar-refractivity contribution in [2.24, 2.45) is 5.92 Å². The van der Waals surface area contributed by atoms with Crippen molar-refractivity contribution in [2.45, 2.75) is 39.7 Å². The van der Waals surface area contributed by atoms with Crippen molar-refractivity contribution in [3.05, 3.63) is 35.5 Å². The van der Waals surface area contributed by atoms with Gasteiger partial charge in [-0.25, -0.2) is 0 Å². The molecule has 0 saturated heterocycles. The van der Waals surface area contributed by atoms with Crippen molar-refractivity contribution in [1.29, 1.82) is 0 Å². The average Bonchev–Trinajstić information content (AvgIpc) is 2.82. The largest absolute Gasteiger partial charge is 0.358 e. The van der Waals surface area contributed by atoms with E-state index in [1.807, 2.05) is 4.90 Å². The molecule has 0 radical (unpaired) electrons. The summed E-state index contributed by atoms with van der Waals surface area (Å²) in [6.07, 6.45) is 2.60. The number of hydrogen-bond acceptors (Lipinski definition) is 1. The number of hydrogen-bond donors (Lipinski definition) is 1. The van der Waals surface area contributed by atoms with Crippen LogP contribution in [0.2, 0.25) is 0 Å². The summed E-state index contributed by atoms with van der Waals surface area (Å²) in [5, 5.41) is 1.27. The summed E-state index contributed by atoms with van der Waals surface area (Å²) in [5.74, 6) is 0.891. The average molecular weight is 270 g/mol. The minimum absolute atomic E-state index is 0.301. The zero-order valence-electron chi connectivity index (χ0n) is 12.3. The zero-order valence-corrected chi connectivity index (χ0v) is 12.3. The Morgan fingerprint density at radius 3 is 2.95 bits per heavy atom. The highest BCUT2D eigenvalue weighted by Gasteiger charge is 2.23. The minimum Gasteiger partial charge on any atom is -0.358 e. The van der Waals surface area contributed by atoms with E-state index in [1.165, 1.54) is 22.2 Å². The number of rotatable bonds is 3. The maximum atomic E-state index is 12.3. The molecule has 0 saturated carbocycles. The minimum atomic E-state index is 0.301. The number of benzene rings is 1. The predicted molar refractivity (Wildman–Crippen MR) is 81.5 cm³/mol. The van der Waals surface area contributed by atoms with Gasteiger partial charge in [-0.2, -0.15) is 0 Å². The molecule has 20 heavy (non-hydrogen) atoms. The molecule has 0 unspecified atom stereocenters.